The van der Waals surface area contributed by atoms with Crippen LogP contribution in [0.25, 0.3) is 6.08 Å². The monoisotopic (exact) mass is 371 g/mol. The highest BCUT2D eigenvalue weighted by Gasteiger charge is 2.21. The van der Waals surface area contributed by atoms with Gasteiger partial charge in [-0.2, -0.15) is 0 Å². The van der Waals surface area contributed by atoms with E-state index in [1.807, 2.05) is 31.2 Å². The molecule has 2 aromatic rings. The topological polar surface area (TPSA) is 49.9 Å². The van der Waals surface area contributed by atoms with Gasteiger partial charge in [-0.1, -0.05) is 34.1 Å². The van der Waals surface area contributed by atoms with Gasteiger partial charge in [0.1, 0.15) is 0 Å². The minimum atomic E-state index is -0.270. The molecule has 0 bridgehead atoms. The molecule has 23 heavy (non-hydrogen) atoms. The SMILES string of the molecule is Cc1[nH]c(=O)c(C(=O)/C=C/c2ccc(Br)cc2)c2c1CCCC2. The first-order chi connectivity index (χ1) is 11.1. The number of nitrogens with one attached hydrogen (secondary N) is 1. The molecule has 0 unspecified atom stereocenters. The van der Waals surface area contributed by atoms with Crippen molar-refractivity contribution in [1.82, 2.24) is 4.98 Å². The third-order valence-electron chi connectivity index (χ3n) is 4.29. The second kappa shape index (κ2) is 6.67. The van der Waals surface area contributed by atoms with Crippen LogP contribution in [0.2, 0.25) is 0 Å². The normalized spacial score (nSPS) is 14.0. The fourth-order valence-electron chi connectivity index (χ4n) is 3.13. The van der Waals surface area contributed by atoms with Crippen LogP contribution in [0.4, 0.5) is 0 Å². The highest BCUT2D eigenvalue weighted by molar-refractivity contribution is 9.10. The molecule has 0 saturated carbocycles. The van der Waals surface area contributed by atoms with E-state index in [9.17, 15) is 9.59 Å². The number of carbonyl (C=O) groups excluding carboxylic acids is 1. The molecule has 0 aliphatic heterocycles. The fraction of sp³-hybridized carbons (Fsp3) is 0.263. The largest absolute Gasteiger partial charge is 0.326 e. The number of hydrogen-bond acceptors (Lipinski definition) is 2. The molecule has 0 atom stereocenters. The number of allylic oxidation sites excluding steroid dienone is 1. The molecule has 3 rings (SSSR count). The van der Waals surface area contributed by atoms with Gasteiger partial charge in [0.2, 0.25) is 0 Å². The Bertz CT molecular complexity index is 832. The predicted molar refractivity (Wildman–Crippen MR) is 95.9 cm³/mol. The van der Waals surface area contributed by atoms with Crippen LogP contribution in [0.1, 0.15) is 45.6 Å². The number of carbonyl (C=O) groups is 1. The first-order valence-corrected chi connectivity index (χ1v) is 8.58. The van der Waals surface area contributed by atoms with Crippen LogP contribution in [0.15, 0.2) is 39.6 Å². The molecule has 0 saturated heterocycles. The van der Waals surface area contributed by atoms with Gasteiger partial charge >= 0.3 is 0 Å². The first kappa shape index (κ1) is 15.9. The van der Waals surface area contributed by atoms with Gasteiger partial charge in [-0.15, -0.1) is 0 Å². The van der Waals surface area contributed by atoms with Crippen LogP contribution in [0.3, 0.4) is 0 Å². The molecule has 1 aromatic heterocycles. The zero-order valence-corrected chi connectivity index (χ0v) is 14.6. The Morgan fingerprint density at radius 3 is 2.48 bits per heavy atom. The summed E-state index contributed by atoms with van der Waals surface area (Å²) in [7, 11) is 0. The molecular formula is C19H18BrNO2. The molecule has 1 N–H and O–H groups in total. The van der Waals surface area contributed by atoms with Gasteiger partial charge in [0.15, 0.2) is 5.78 Å². The molecule has 0 fully saturated rings. The highest BCUT2D eigenvalue weighted by Crippen LogP contribution is 2.25. The molecule has 4 heteroatoms. The van der Waals surface area contributed by atoms with Crippen molar-refractivity contribution in [2.45, 2.75) is 32.6 Å². The van der Waals surface area contributed by atoms with Crippen LogP contribution in [0, 0.1) is 6.92 Å². The molecule has 1 aliphatic carbocycles. The lowest BCUT2D eigenvalue weighted by Crippen LogP contribution is -2.24. The zero-order valence-electron chi connectivity index (χ0n) is 13.0. The standard InChI is InChI=1S/C19H18BrNO2/c1-12-15-4-2-3-5-16(15)18(19(23)21-12)17(22)11-8-13-6-9-14(20)10-7-13/h6-11H,2-5H2,1H3,(H,21,23)/b11-8+. The lowest BCUT2D eigenvalue weighted by atomic mass is 9.87. The number of hydrogen-bond donors (Lipinski definition) is 1. The number of aromatic amines is 1. The molecule has 1 aromatic carbocycles. The molecule has 3 nitrogen and oxygen atoms in total. The van der Waals surface area contributed by atoms with E-state index in [0.717, 1.165) is 52.5 Å². The van der Waals surface area contributed by atoms with Crippen molar-refractivity contribution in [2.24, 2.45) is 0 Å². The second-order valence-electron chi connectivity index (χ2n) is 5.87. The summed E-state index contributed by atoms with van der Waals surface area (Å²) in [5.41, 5.74) is 3.98. The summed E-state index contributed by atoms with van der Waals surface area (Å²) in [6.45, 7) is 1.91. The van der Waals surface area contributed by atoms with Crippen LogP contribution in [-0.4, -0.2) is 10.8 Å². The Morgan fingerprint density at radius 1 is 1.13 bits per heavy atom. The lowest BCUT2D eigenvalue weighted by Gasteiger charge is -2.19. The number of aryl methyl sites for hydroxylation is 1. The summed E-state index contributed by atoms with van der Waals surface area (Å²) in [6.07, 6.45) is 7.15. The van der Waals surface area contributed by atoms with Gasteiger partial charge in [-0.05, 0) is 67.5 Å². The van der Waals surface area contributed by atoms with E-state index in [1.165, 1.54) is 6.08 Å². The Balaban J connectivity index is 1.96. The maximum absolute atomic E-state index is 12.6. The number of pyridine rings is 1. The molecular weight excluding hydrogens is 354 g/mol. The van der Waals surface area contributed by atoms with Crippen molar-refractivity contribution in [3.8, 4) is 0 Å². The van der Waals surface area contributed by atoms with Crippen LogP contribution in [0.5, 0.6) is 0 Å². The van der Waals surface area contributed by atoms with E-state index in [1.54, 1.807) is 6.08 Å². The molecule has 0 radical (unpaired) electrons. The van der Waals surface area contributed by atoms with Crippen molar-refractivity contribution < 1.29 is 4.79 Å². The van der Waals surface area contributed by atoms with E-state index in [4.69, 9.17) is 0 Å². The van der Waals surface area contributed by atoms with E-state index in [2.05, 4.69) is 20.9 Å². The van der Waals surface area contributed by atoms with Gasteiger partial charge in [0.05, 0.1) is 5.56 Å². The minimum Gasteiger partial charge on any atom is -0.326 e. The fourth-order valence-corrected chi connectivity index (χ4v) is 3.39. The maximum atomic E-state index is 12.6. The van der Waals surface area contributed by atoms with Crippen molar-refractivity contribution in [3.05, 3.63) is 73.1 Å². The Labute approximate surface area is 143 Å². The van der Waals surface area contributed by atoms with Gasteiger partial charge in [0.25, 0.3) is 5.56 Å². The summed E-state index contributed by atoms with van der Waals surface area (Å²) < 4.78 is 0.991. The smallest absolute Gasteiger partial charge is 0.259 e. The number of halogens is 1. The van der Waals surface area contributed by atoms with Crippen molar-refractivity contribution in [3.63, 3.8) is 0 Å². The number of fused-ring (bicyclic) bond motifs is 1. The Kier molecular flexibility index (Phi) is 4.62. The molecule has 118 valence electrons. The number of ketones is 1. The highest BCUT2D eigenvalue weighted by atomic mass is 79.9. The average Bonchev–Trinajstić information content (AvgIpc) is 2.54. The van der Waals surface area contributed by atoms with Crippen LogP contribution in [-0.2, 0) is 12.8 Å². The van der Waals surface area contributed by atoms with E-state index in [-0.39, 0.29) is 11.3 Å². The van der Waals surface area contributed by atoms with E-state index >= 15 is 0 Å². The Morgan fingerprint density at radius 2 is 1.78 bits per heavy atom. The number of H-pyrrole nitrogens is 1. The number of benzene rings is 1. The third-order valence-corrected chi connectivity index (χ3v) is 4.82. The predicted octanol–water partition coefficient (Wildman–Crippen LogP) is 4.22. The van der Waals surface area contributed by atoms with Crippen molar-refractivity contribution in [2.75, 3.05) is 0 Å². The van der Waals surface area contributed by atoms with Gasteiger partial charge in [0, 0.05) is 10.2 Å². The van der Waals surface area contributed by atoms with E-state index < -0.39 is 0 Å². The van der Waals surface area contributed by atoms with Gasteiger partial charge in [-0.25, -0.2) is 0 Å². The van der Waals surface area contributed by atoms with Crippen LogP contribution < -0.4 is 5.56 Å². The zero-order chi connectivity index (χ0) is 16.4. The summed E-state index contributed by atoms with van der Waals surface area (Å²) in [5.74, 6) is -0.215. The number of rotatable bonds is 3. The summed E-state index contributed by atoms with van der Waals surface area (Å²) in [4.78, 5) is 27.7. The maximum Gasteiger partial charge on any atom is 0.259 e. The second-order valence-corrected chi connectivity index (χ2v) is 6.78. The first-order valence-electron chi connectivity index (χ1n) is 7.79. The van der Waals surface area contributed by atoms with Crippen molar-refractivity contribution in [1.29, 1.82) is 0 Å². The summed E-state index contributed by atoms with van der Waals surface area (Å²) >= 11 is 3.38. The van der Waals surface area contributed by atoms with Crippen molar-refractivity contribution >= 4 is 27.8 Å². The molecule has 1 aliphatic rings. The van der Waals surface area contributed by atoms with E-state index in [0.29, 0.717) is 5.56 Å². The van der Waals surface area contributed by atoms with Gasteiger partial charge < -0.3 is 4.98 Å². The third kappa shape index (κ3) is 3.37. The molecule has 0 amide bonds. The van der Waals surface area contributed by atoms with Gasteiger partial charge in [-0.3, -0.25) is 9.59 Å². The number of aromatic nitrogens is 1. The minimum absolute atomic E-state index is 0.215. The molecule has 0 spiro atoms. The molecule has 1 heterocycles. The Hall–Kier alpha value is -1.94. The quantitative estimate of drug-likeness (QED) is 0.648. The van der Waals surface area contributed by atoms with Crippen LogP contribution >= 0.6 is 15.9 Å². The summed E-state index contributed by atoms with van der Waals surface area (Å²) in [6, 6.07) is 7.68. The average molecular weight is 372 g/mol. The lowest BCUT2D eigenvalue weighted by molar-refractivity contribution is 0.104. The summed E-state index contributed by atoms with van der Waals surface area (Å²) in [5, 5.41) is 0.